The molecule has 21 heavy (non-hydrogen) atoms. The molecule has 2 aromatic carbocycles. The molecule has 0 N–H and O–H groups in total. The van der Waals surface area contributed by atoms with Crippen LogP contribution in [-0.4, -0.2) is 17.9 Å². The van der Waals surface area contributed by atoms with E-state index in [1.807, 2.05) is 67.1 Å². The molecule has 3 nitrogen and oxygen atoms in total. The summed E-state index contributed by atoms with van der Waals surface area (Å²) < 4.78 is 7.36. The Labute approximate surface area is 124 Å². The molecule has 1 heterocycles. The molecule has 0 fully saturated rings. The van der Waals surface area contributed by atoms with E-state index in [0.717, 1.165) is 22.7 Å². The van der Waals surface area contributed by atoms with Crippen molar-refractivity contribution in [3.8, 4) is 11.4 Å². The average Bonchev–Trinajstić information content (AvgIpc) is 3.03. The quantitative estimate of drug-likeness (QED) is 0.655. The molecule has 1 aromatic heterocycles. The van der Waals surface area contributed by atoms with Crippen LogP contribution in [0, 0.1) is 0 Å². The molecule has 3 rings (SSSR count). The topological polar surface area (TPSA) is 26.5 Å². The number of methoxy groups -OCH3 is 1. The van der Waals surface area contributed by atoms with Crippen molar-refractivity contribution in [3.05, 3.63) is 78.6 Å². The Morgan fingerprint density at radius 1 is 0.952 bits per heavy atom. The molecule has 0 saturated heterocycles. The Kier molecular flexibility index (Phi) is 3.83. The lowest BCUT2D eigenvalue weighted by molar-refractivity contribution is 0.416. The van der Waals surface area contributed by atoms with E-state index in [2.05, 4.69) is 21.7 Å². The molecule has 3 aromatic rings. The molecule has 0 radical (unpaired) electrons. The molecule has 0 amide bonds. The van der Waals surface area contributed by atoms with Gasteiger partial charge in [-0.25, -0.2) is 0 Å². The van der Waals surface area contributed by atoms with Crippen LogP contribution in [0.3, 0.4) is 0 Å². The highest BCUT2D eigenvalue weighted by Gasteiger charge is 1.99. The monoisotopic (exact) mass is 276 g/mol. The van der Waals surface area contributed by atoms with Gasteiger partial charge in [0.2, 0.25) is 0 Å². The summed E-state index contributed by atoms with van der Waals surface area (Å²) in [5.41, 5.74) is 3.01. The normalized spacial score (nSPS) is 10.9. The van der Waals surface area contributed by atoms with E-state index < -0.39 is 0 Å². The summed E-state index contributed by atoms with van der Waals surface area (Å²) in [6.45, 7) is 0. The van der Waals surface area contributed by atoms with Crippen LogP contribution in [0.1, 0.15) is 5.56 Å². The van der Waals surface area contributed by atoms with E-state index in [-0.39, 0.29) is 0 Å². The Morgan fingerprint density at radius 2 is 1.71 bits per heavy atom. The summed E-state index contributed by atoms with van der Waals surface area (Å²) >= 11 is 0. The number of aromatic nitrogens is 1. The van der Waals surface area contributed by atoms with Gasteiger partial charge in [-0.1, -0.05) is 30.3 Å². The minimum Gasteiger partial charge on any atom is -0.494 e. The van der Waals surface area contributed by atoms with Gasteiger partial charge in [-0.05, 0) is 30.3 Å². The molecule has 0 unspecified atom stereocenters. The Bertz CT molecular complexity index is 745. The van der Waals surface area contributed by atoms with Gasteiger partial charge >= 0.3 is 0 Å². The first-order valence-electron chi connectivity index (χ1n) is 6.77. The maximum absolute atomic E-state index is 5.29. The van der Waals surface area contributed by atoms with Gasteiger partial charge in [0.05, 0.1) is 7.11 Å². The molecule has 0 bridgehead atoms. The second-order valence-electron chi connectivity index (χ2n) is 4.62. The van der Waals surface area contributed by atoms with E-state index >= 15 is 0 Å². The first-order valence-corrected chi connectivity index (χ1v) is 6.77. The smallest absolute Gasteiger partial charge is 0.144 e. The van der Waals surface area contributed by atoms with E-state index in [4.69, 9.17) is 4.74 Å². The van der Waals surface area contributed by atoms with E-state index in [9.17, 15) is 0 Å². The van der Waals surface area contributed by atoms with Gasteiger partial charge in [-0.3, -0.25) is 4.99 Å². The van der Waals surface area contributed by atoms with Crippen LogP contribution in [0.2, 0.25) is 0 Å². The number of rotatable bonds is 4. The number of benzene rings is 2. The fourth-order valence-corrected chi connectivity index (χ4v) is 2.13. The summed E-state index contributed by atoms with van der Waals surface area (Å²) in [7, 11) is 1.65. The van der Waals surface area contributed by atoms with Gasteiger partial charge in [-0.2, -0.15) is 0 Å². The number of ether oxygens (including phenoxy) is 1. The molecule has 0 aliphatic carbocycles. The lowest BCUT2D eigenvalue weighted by Crippen LogP contribution is -1.88. The number of nitrogens with zero attached hydrogens (tertiary/aromatic N) is 2. The van der Waals surface area contributed by atoms with Crippen molar-refractivity contribution in [1.29, 1.82) is 0 Å². The van der Waals surface area contributed by atoms with E-state index in [1.165, 1.54) is 0 Å². The van der Waals surface area contributed by atoms with Crippen LogP contribution in [0.4, 0.5) is 5.69 Å². The molecule has 3 heteroatoms. The first kappa shape index (κ1) is 13.2. The van der Waals surface area contributed by atoms with E-state index in [0.29, 0.717) is 0 Å². The fraction of sp³-hybridized carbons (Fsp3) is 0.0556. The lowest BCUT2D eigenvalue weighted by atomic mass is 10.3. The van der Waals surface area contributed by atoms with Crippen molar-refractivity contribution >= 4 is 11.9 Å². The highest BCUT2D eigenvalue weighted by Crippen LogP contribution is 2.26. The van der Waals surface area contributed by atoms with Crippen molar-refractivity contribution in [1.82, 2.24) is 4.57 Å². The third-order valence-corrected chi connectivity index (χ3v) is 3.21. The maximum Gasteiger partial charge on any atom is 0.144 e. The predicted molar refractivity (Wildman–Crippen MR) is 86.0 cm³/mol. The molecule has 0 aliphatic heterocycles. The Hall–Kier alpha value is -2.81. The molecule has 0 spiro atoms. The molecular formula is C18H16N2O. The van der Waals surface area contributed by atoms with Crippen molar-refractivity contribution < 1.29 is 4.74 Å². The van der Waals surface area contributed by atoms with Crippen molar-refractivity contribution in [2.45, 2.75) is 0 Å². The highest BCUT2D eigenvalue weighted by atomic mass is 16.5. The summed E-state index contributed by atoms with van der Waals surface area (Å²) in [5.74, 6) is 0.774. The highest BCUT2D eigenvalue weighted by molar-refractivity contribution is 5.82. The zero-order valence-corrected chi connectivity index (χ0v) is 11.8. The van der Waals surface area contributed by atoms with Crippen LogP contribution in [0.5, 0.6) is 5.75 Å². The summed E-state index contributed by atoms with van der Waals surface area (Å²) in [5, 5.41) is 0. The Morgan fingerprint density at radius 3 is 2.52 bits per heavy atom. The number of hydrogen-bond donors (Lipinski definition) is 0. The summed E-state index contributed by atoms with van der Waals surface area (Å²) in [4.78, 5) is 4.49. The predicted octanol–water partition coefficient (Wildman–Crippen LogP) is 4.24. The zero-order chi connectivity index (χ0) is 14.5. The third-order valence-electron chi connectivity index (χ3n) is 3.21. The van der Waals surface area contributed by atoms with E-state index in [1.54, 1.807) is 7.11 Å². The Balaban J connectivity index is 1.83. The van der Waals surface area contributed by atoms with Crippen LogP contribution < -0.4 is 4.74 Å². The van der Waals surface area contributed by atoms with Crippen LogP contribution >= 0.6 is 0 Å². The minimum absolute atomic E-state index is 0.774. The number of aliphatic imine (C=N–C) groups is 1. The SMILES string of the molecule is COc1ccccc1N=Cc1ccn(-c2ccccc2)c1. The van der Waals surface area contributed by atoms with Gasteiger partial charge < -0.3 is 9.30 Å². The van der Waals surface area contributed by atoms with Gasteiger partial charge in [0.1, 0.15) is 11.4 Å². The minimum atomic E-state index is 0.774. The molecule has 0 aliphatic rings. The molecule has 0 saturated carbocycles. The number of hydrogen-bond acceptors (Lipinski definition) is 2. The van der Waals surface area contributed by atoms with Crippen molar-refractivity contribution in [2.75, 3.05) is 7.11 Å². The second kappa shape index (κ2) is 6.09. The summed E-state index contributed by atoms with van der Waals surface area (Å²) in [6.07, 6.45) is 5.92. The van der Waals surface area contributed by atoms with Crippen molar-refractivity contribution in [3.63, 3.8) is 0 Å². The maximum atomic E-state index is 5.29. The van der Waals surface area contributed by atoms with Crippen LogP contribution in [0.15, 0.2) is 78.0 Å². The average molecular weight is 276 g/mol. The van der Waals surface area contributed by atoms with Gasteiger partial charge in [0.15, 0.2) is 0 Å². The van der Waals surface area contributed by atoms with Gasteiger partial charge in [0.25, 0.3) is 0 Å². The standard InChI is InChI=1S/C18H16N2O/c1-21-18-10-6-5-9-17(18)19-13-15-11-12-20(14-15)16-7-3-2-4-8-16/h2-14H,1H3. The van der Waals surface area contributed by atoms with Gasteiger partial charge in [-0.15, -0.1) is 0 Å². The second-order valence-corrected chi connectivity index (χ2v) is 4.62. The lowest BCUT2D eigenvalue weighted by Gasteiger charge is -2.02. The van der Waals surface area contributed by atoms with Crippen LogP contribution in [-0.2, 0) is 0 Å². The first-order chi connectivity index (χ1) is 10.4. The molecular weight excluding hydrogens is 260 g/mol. The summed E-state index contributed by atoms with van der Waals surface area (Å²) in [6, 6.07) is 20.0. The van der Waals surface area contributed by atoms with Crippen LogP contribution in [0.25, 0.3) is 5.69 Å². The largest absolute Gasteiger partial charge is 0.494 e. The number of para-hydroxylation sites is 3. The van der Waals surface area contributed by atoms with Gasteiger partial charge in [0, 0.05) is 29.9 Å². The molecule has 0 atom stereocenters. The third kappa shape index (κ3) is 3.03. The van der Waals surface area contributed by atoms with Crippen molar-refractivity contribution in [2.24, 2.45) is 4.99 Å². The fourth-order valence-electron chi connectivity index (χ4n) is 2.13. The zero-order valence-electron chi connectivity index (χ0n) is 11.8. The molecule has 104 valence electrons.